The van der Waals surface area contributed by atoms with Gasteiger partial charge in [0.15, 0.2) is 5.41 Å². The highest BCUT2D eigenvalue weighted by Crippen LogP contribution is 2.47. The third-order valence-corrected chi connectivity index (χ3v) is 3.99. The topological polar surface area (TPSA) is 53.4 Å². The summed E-state index contributed by atoms with van der Waals surface area (Å²) in [7, 11) is 0. The Labute approximate surface area is 114 Å². The normalized spacial score (nSPS) is 25.6. The first-order valence-electron chi connectivity index (χ1n) is 6.22. The van der Waals surface area contributed by atoms with E-state index >= 15 is 0 Å². The first-order chi connectivity index (χ1) is 9.28. The molecule has 0 aromatic carbocycles. The van der Waals surface area contributed by atoms with E-state index in [-0.39, 0.29) is 12.6 Å². The van der Waals surface area contributed by atoms with Crippen molar-refractivity contribution in [3.8, 4) is 0 Å². The number of hydrogen-bond acceptors (Lipinski definition) is 3. The van der Waals surface area contributed by atoms with Gasteiger partial charge in [0.05, 0.1) is 0 Å². The highest BCUT2D eigenvalue weighted by atomic mass is 19.4. The summed E-state index contributed by atoms with van der Waals surface area (Å²) in [6.45, 7) is 1.36. The van der Waals surface area contributed by atoms with E-state index in [1.807, 2.05) is 0 Å². The molecule has 0 saturated carbocycles. The van der Waals surface area contributed by atoms with E-state index in [4.69, 9.17) is 5.11 Å². The lowest BCUT2D eigenvalue weighted by atomic mass is 9.86. The lowest BCUT2D eigenvalue weighted by Crippen LogP contribution is -2.47. The Hall–Kier alpha value is -1.63. The summed E-state index contributed by atoms with van der Waals surface area (Å²) in [5.41, 5.74) is -1.84. The number of halogens is 3. The lowest BCUT2D eigenvalue weighted by Gasteiger charge is -2.29. The van der Waals surface area contributed by atoms with Crippen LogP contribution in [0, 0.1) is 5.41 Å². The van der Waals surface area contributed by atoms with Gasteiger partial charge in [0.1, 0.15) is 0 Å². The van der Waals surface area contributed by atoms with E-state index in [0.717, 1.165) is 5.56 Å². The molecule has 2 heterocycles. The number of carboxylic acids is 1. The summed E-state index contributed by atoms with van der Waals surface area (Å²) < 4.78 is 39.3. The van der Waals surface area contributed by atoms with Gasteiger partial charge in [0, 0.05) is 31.5 Å². The van der Waals surface area contributed by atoms with E-state index in [1.54, 1.807) is 36.4 Å². The predicted octanol–water partition coefficient (Wildman–Crippen LogP) is 2.48. The number of aliphatic carboxylic acids is 1. The minimum absolute atomic E-state index is 0.106. The largest absolute Gasteiger partial charge is 0.481 e. The SMILES string of the molecule is CC(c1ccncc1)N1CCC(C(=O)O)(C(F)(F)F)C1. The maximum absolute atomic E-state index is 13.1. The molecule has 1 N–H and O–H groups in total. The molecule has 20 heavy (non-hydrogen) atoms. The Kier molecular flexibility index (Phi) is 3.73. The zero-order chi connectivity index (χ0) is 15.0. The summed E-state index contributed by atoms with van der Waals surface area (Å²) in [6.07, 6.45) is -2.03. The summed E-state index contributed by atoms with van der Waals surface area (Å²) in [5.74, 6) is -1.80. The Morgan fingerprint density at radius 1 is 1.45 bits per heavy atom. The standard InChI is InChI=1S/C13H15F3N2O2/c1-9(10-2-5-17-6-3-10)18-7-4-12(8-18,11(19)20)13(14,15)16/h2-3,5-6,9H,4,7-8H2,1H3,(H,19,20). The van der Waals surface area contributed by atoms with Gasteiger partial charge in [-0.3, -0.25) is 14.7 Å². The van der Waals surface area contributed by atoms with Crippen LogP contribution in [0.1, 0.15) is 24.9 Å². The van der Waals surface area contributed by atoms with Crippen LogP contribution < -0.4 is 0 Å². The molecule has 0 radical (unpaired) electrons. The Bertz CT molecular complexity index is 492. The van der Waals surface area contributed by atoms with Gasteiger partial charge in [-0.1, -0.05) is 0 Å². The van der Waals surface area contributed by atoms with Crippen molar-refractivity contribution < 1.29 is 23.1 Å². The lowest BCUT2D eigenvalue weighted by molar-refractivity contribution is -0.227. The second kappa shape index (κ2) is 5.05. The van der Waals surface area contributed by atoms with Crippen molar-refractivity contribution >= 4 is 5.97 Å². The summed E-state index contributed by atoms with van der Waals surface area (Å²) in [4.78, 5) is 16.5. The van der Waals surface area contributed by atoms with Crippen LogP contribution in [0.15, 0.2) is 24.5 Å². The Morgan fingerprint density at radius 3 is 2.50 bits per heavy atom. The van der Waals surface area contributed by atoms with Gasteiger partial charge in [-0.25, -0.2) is 0 Å². The van der Waals surface area contributed by atoms with Crippen LogP contribution in [-0.4, -0.2) is 40.2 Å². The second-order valence-electron chi connectivity index (χ2n) is 5.06. The molecule has 4 nitrogen and oxygen atoms in total. The molecule has 1 fully saturated rings. The number of aromatic nitrogens is 1. The molecular weight excluding hydrogens is 273 g/mol. The zero-order valence-electron chi connectivity index (χ0n) is 10.9. The van der Waals surface area contributed by atoms with Crippen molar-refractivity contribution in [2.45, 2.75) is 25.6 Å². The average molecular weight is 288 g/mol. The van der Waals surface area contributed by atoms with E-state index in [1.165, 1.54) is 0 Å². The third kappa shape index (κ3) is 2.37. The van der Waals surface area contributed by atoms with Gasteiger partial charge in [0.25, 0.3) is 0 Å². The molecule has 1 aliphatic rings. The molecule has 110 valence electrons. The van der Waals surface area contributed by atoms with E-state index in [9.17, 15) is 18.0 Å². The second-order valence-corrected chi connectivity index (χ2v) is 5.06. The van der Waals surface area contributed by atoms with Crippen LogP contribution in [0.3, 0.4) is 0 Å². The van der Waals surface area contributed by atoms with Crippen molar-refractivity contribution in [3.05, 3.63) is 30.1 Å². The minimum Gasteiger partial charge on any atom is -0.481 e. The van der Waals surface area contributed by atoms with Crippen LogP contribution in [0.25, 0.3) is 0 Å². The van der Waals surface area contributed by atoms with Crippen molar-refractivity contribution in [2.24, 2.45) is 5.41 Å². The summed E-state index contributed by atoms with van der Waals surface area (Å²) >= 11 is 0. The van der Waals surface area contributed by atoms with Crippen LogP contribution in [-0.2, 0) is 4.79 Å². The molecule has 0 spiro atoms. The van der Waals surface area contributed by atoms with Gasteiger partial charge in [-0.2, -0.15) is 13.2 Å². The average Bonchev–Trinajstić information content (AvgIpc) is 2.85. The maximum atomic E-state index is 13.1. The van der Waals surface area contributed by atoms with E-state index in [0.29, 0.717) is 0 Å². The fourth-order valence-corrected chi connectivity index (χ4v) is 2.55. The number of carboxylic acid groups (broad SMARTS) is 1. The Balaban J connectivity index is 2.21. The van der Waals surface area contributed by atoms with E-state index < -0.39 is 30.5 Å². The molecule has 2 unspecified atom stereocenters. The number of pyridine rings is 1. The monoisotopic (exact) mass is 288 g/mol. The number of nitrogens with zero attached hydrogens (tertiary/aromatic N) is 2. The van der Waals surface area contributed by atoms with Gasteiger partial charge in [0.2, 0.25) is 0 Å². The predicted molar refractivity (Wildman–Crippen MR) is 65.0 cm³/mol. The van der Waals surface area contributed by atoms with Crippen LogP contribution in [0.5, 0.6) is 0 Å². The molecule has 1 aliphatic heterocycles. The molecular formula is C13H15F3N2O2. The van der Waals surface area contributed by atoms with Gasteiger partial charge >= 0.3 is 12.1 Å². The highest BCUT2D eigenvalue weighted by molar-refractivity contribution is 5.76. The van der Waals surface area contributed by atoms with Crippen LogP contribution in [0.2, 0.25) is 0 Å². The van der Waals surface area contributed by atoms with Crippen molar-refractivity contribution in [3.63, 3.8) is 0 Å². The fraction of sp³-hybridized carbons (Fsp3) is 0.538. The van der Waals surface area contributed by atoms with E-state index in [2.05, 4.69) is 4.98 Å². The molecule has 2 atom stereocenters. The molecule has 0 aliphatic carbocycles. The maximum Gasteiger partial charge on any atom is 0.406 e. The first-order valence-corrected chi connectivity index (χ1v) is 6.22. The summed E-state index contributed by atoms with van der Waals surface area (Å²) in [5, 5.41) is 9.01. The zero-order valence-corrected chi connectivity index (χ0v) is 10.9. The number of rotatable bonds is 3. The van der Waals surface area contributed by atoms with Gasteiger partial charge < -0.3 is 5.11 Å². The molecule has 7 heteroatoms. The van der Waals surface area contributed by atoms with Crippen molar-refractivity contribution in [1.29, 1.82) is 0 Å². The number of alkyl halides is 3. The van der Waals surface area contributed by atoms with Gasteiger partial charge in [-0.05, 0) is 31.0 Å². The molecule has 1 aromatic rings. The smallest absolute Gasteiger partial charge is 0.406 e. The minimum atomic E-state index is -4.74. The highest BCUT2D eigenvalue weighted by Gasteiger charge is 2.63. The molecule has 1 saturated heterocycles. The quantitative estimate of drug-likeness (QED) is 0.928. The number of likely N-dealkylation sites (tertiary alicyclic amines) is 1. The number of hydrogen-bond donors (Lipinski definition) is 1. The van der Waals surface area contributed by atoms with Crippen LogP contribution in [0.4, 0.5) is 13.2 Å². The number of carbonyl (C=O) groups is 1. The van der Waals surface area contributed by atoms with Crippen LogP contribution >= 0.6 is 0 Å². The summed E-state index contributed by atoms with van der Waals surface area (Å²) in [6, 6.07) is 3.17. The molecule has 2 rings (SSSR count). The molecule has 1 aromatic heterocycles. The fourth-order valence-electron chi connectivity index (χ4n) is 2.55. The van der Waals surface area contributed by atoms with Crippen molar-refractivity contribution in [2.75, 3.05) is 13.1 Å². The Morgan fingerprint density at radius 2 is 2.05 bits per heavy atom. The molecule has 0 bridgehead atoms. The molecule has 0 amide bonds. The van der Waals surface area contributed by atoms with Gasteiger partial charge in [-0.15, -0.1) is 0 Å². The van der Waals surface area contributed by atoms with Crippen molar-refractivity contribution in [1.82, 2.24) is 9.88 Å². The third-order valence-electron chi connectivity index (χ3n) is 3.99. The first kappa shape index (κ1) is 14.8.